The minimum Gasteiger partial charge on any atom is -0.309 e. The summed E-state index contributed by atoms with van der Waals surface area (Å²) in [5, 5.41) is 0. The van der Waals surface area contributed by atoms with Gasteiger partial charge in [-0.2, -0.15) is 0 Å². The van der Waals surface area contributed by atoms with E-state index in [0.717, 1.165) is 28.2 Å². The van der Waals surface area contributed by atoms with Gasteiger partial charge in [0.05, 0.1) is 16.8 Å². The molecule has 0 aromatic heterocycles. The minimum absolute atomic E-state index is 0.154. The normalized spacial score (nSPS) is 14.8. The zero-order valence-corrected chi connectivity index (χ0v) is 30.1. The van der Waals surface area contributed by atoms with Crippen molar-refractivity contribution in [3.8, 4) is 33.4 Å². The lowest BCUT2D eigenvalue weighted by atomic mass is 9.70. The molecule has 0 N–H and O–H groups in total. The maximum absolute atomic E-state index is 4.76. The topological polar surface area (TPSA) is 3.24 Å². The van der Waals surface area contributed by atoms with Gasteiger partial charge in [-0.3, -0.25) is 0 Å². The summed E-state index contributed by atoms with van der Waals surface area (Å²) in [5.74, 6) is 0. The molecule has 53 heavy (non-hydrogen) atoms. The van der Waals surface area contributed by atoms with Crippen molar-refractivity contribution in [2.75, 3.05) is 4.90 Å². The fourth-order valence-corrected chi connectivity index (χ4v) is 9.76. The van der Waals surface area contributed by atoms with Gasteiger partial charge in [0.2, 0.25) is 0 Å². The summed E-state index contributed by atoms with van der Waals surface area (Å²) in [7, 11) is 0. The zero-order valence-electron chi connectivity index (χ0n) is 30.1. The van der Waals surface area contributed by atoms with Gasteiger partial charge in [-0.25, -0.2) is 0 Å². The smallest absolute Gasteiger partial charge is 0.0726 e. The highest BCUT2D eigenvalue weighted by molar-refractivity contribution is 6.02. The molecule has 1 nitrogen and oxygen atoms in total. The van der Waals surface area contributed by atoms with Crippen molar-refractivity contribution in [2.24, 2.45) is 0 Å². The number of allylic oxidation sites excluding steroid dienone is 3. The Kier molecular flexibility index (Phi) is 6.81. The van der Waals surface area contributed by atoms with E-state index in [1.807, 2.05) is 6.08 Å². The molecule has 3 aliphatic rings. The van der Waals surface area contributed by atoms with Crippen molar-refractivity contribution in [1.29, 1.82) is 0 Å². The van der Waals surface area contributed by atoms with Gasteiger partial charge in [-0.15, -0.1) is 0 Å². The molecule has 1 spiro atoms. The molecular formula is C52H39N. The summed E-state index contributed by atoms with van der Waals surface area (Å²) in [6.45, 7) is 13.7. The van der Waals surface area contributed by atoms with E-state index >= 15 is 0 Å². The largest absolute Gasteiger partial charge is 0.309 e. The van der Waals surface area contributed by atoms with E-state index in [4.69, 9.17) is 6.58 Å². The van der Waals surface area contributed by atoms with Crippen molar-refractivity contribution in [3.63, 3.8) is 0 Å². The average Bonchev–Trinajstić information content (AvgIpc) is 3.77. The van der Waals surface area contributed by atoms with Gasteiger partial charge in [0, 0.05) is 16.7 Å². The third-order valence-electron chi connectivity index (χ3n) is 12.0. The molecule has 0 aliphatic heterocycles. The van der Waals surface area contributed by atoms with Crippen molar-refractivity contribution in [1.82, 2.24) is 0 Å². The average molecular weight is 678 g/mol. The van der Waals surface area contributed by atoms with Crippen LogP contribution in [0, 0.1) is 0 Å². The second-order valence-corrected chi connectivity index (χ2v) is 15.0. The van der Waals surface area contributed by atoms with Crippen LogP contribution in [-0.2, 0) is 10.8 Å². The van der Waals surface area contributed by atoms with Gasteiger partial charge in [-0.1, -0.05) is 179 Å². The SMILES string of the molecule is C=C/C=C(\C(=C)c1ccccc1)N(c1ccc2c(c1)C(C)(C)c1ccccc1-2)c1cccc2c1-c1ccccc1C21c2ccccc2-c2ccccc21. The predicted octanol–water partition coefficient (Wildman–Crippen LogP) is 13.3. The summed E-state index contributed by atoms with van der Waals surface area (Å²) in [5.41, 5.74) is 20.3. The molecule has 7 aromatic carbocycles. The van der Waals surface area contributed by atoms with E-state index in [9.17, 15) is 0 Å². The molecule has 0 radical (unpaired) electrons. The first-order valence-electron chi connectivity index (χ1n) is 18.5. The monoisotopic (exact) mass is 677 g/mol. The minimum atomic E-state index is -0.443. The summed E-state index contributed by atoms with van der Waals surface area (Å²) in [4.78, 5) is 2.44. The third kappa shape index (κ3) is 4.19. The van der Waals surface area contributed by atoms with E-state index in [1.54, 1.807) is 0 Å². The standard InChI is InChI=1S/C52H39N/c1-5-18-48(34(2)35-19-7-6-8-20-35)53(36-31-32-40-37-21-9-13-25-42(37)51(3,4)47(40)33-36)49-30-17-29-46-50(49)41-24-12-16-28-45(41)52(46)43-26-14-10-22-38(43)39-23-11-15-27-44(39)52/h5-33H,1-2H2,3-4H3/b48-18+. The van der Waals surface area contributed by atoms with Crippen LogP contribution >= 0.6 is 0 Å². The van der Waals surface area contributed by atoms with Crippen LogP contribution in [0.25, 0.3) is 39.0 Å². The van der Waals surface area contributed by atoms with Crippen LogP contribution in [-0.4, -0.2) is 0 Å². The Hall–Kier alpha value is -6.44. The number of fused-ring (bicyclic) bond motifs is 13. The molecule has 0 heterocycles. The van der Waals surface area contributed by atoms with E-state index in [2.05, 4.69) is 195 Å². The molecule has 0 saturated carbocycles. The second-order valence-electron chi connectivity index (χ2n) is 15.0. The summed E-state index contributed by atoms with van der Waals surface area (Å²) in [6, 6.07) is 60.4. The molecule has 0 amide bonds. The van der Waals surface area contributed by atoms with E-state index in [1.165, 1.54) is 66.8 Å². The van der Waals surface area contributed by atoms with Crippen molar-refractivity contribution in [3.05, 3.63) is 234 Å². The Bertz CT molecular complexity index is 2640. The van der Waals surface area contributed by atoms with Crippen molar-refractivity contribution in [2.45, 2.75) is 24.7 Å². The lowest BCUT2D eigenvalue weighted by Gasteiger charge is -2.33. The quantitative estimate of drug-likeness (QED) is 0.158. The van der Waals surface area contributed by atoms with Crippen LogP contribution in [0.2, 0.25) is 0 Å². The Balaban J connectivity index is 1.28. The summed E-state index contributed by atoms with van der Waals surface area (Å²) in [6.07, 6.45) is 4.02. The lowest BCUT2D eigenvalue weighted by molar-refractivity contribution is 0.660. The molecule has 0 unspecified atom stereocenters. The number of benzene rings is 7. The first kappa shape index (κ1) is 31.3. The predicted molar refractivity (Wildman–Crippen MR) is 223 cm³/mol. The van der Waals surface area contributed by atoms with Crippen LogP contribution < -0.4 is 4.90 Å². The van der Waals surface area contributed by atoms with Gasteiger partial charge in [0.15, 0.2) is 0 Å². The van der Waals surface area contributed by atoms with Gasteiger partial charge in [0.1, 0.15) is 0 Å². The Labute approximate surface area is 312 Å². The van der Waals surface area contributed by atoms with Crippen LogP contribution in [0.5, 0.6) is 0 Å². The number of anilines is 2. The second kappa shape index (κ2) is 11.5. The van der Waals surface area contributed by atoms with Gasteiger partial charge in [0.25, 0.3) is 0 Å². The third-order valence-corrected chi connectivity index (χ3v) is 12.0. The highest BCUT2D eigenvalue weighted by Gasteiger charge is 2.52. The van der Waals surface area contributed by atoms with Gasteiger partial charge in [-0.05, 0) is 96.6 Å². The van der Waals surface area contributed by atoms with E-state index < -0.39 is 5.41 Å². The van der Waals surface area contributed by atoms with Gasteiger partial charge < -0.3 is 4.90 Å². The molecule has 0 saturated heterocycles. The summed E-state index contributed by atoms with van der Waals surface area (Å²) < 4.78 is 0. The fraction of sp³-hybridized carbons (Fsp3) is 0.0769. The molecule has 10 rings (SSSR count). The number of hydrogen-bond acceptors (Lipinski definition) is 1. The number of rotatable bonds is 6. The summed E-state index contributed by atoms with van der Waals surface area (Å²) >= 11 is 0. The maximum atomic E-state index is 4.76. The lowest BCUT2D eigenvalue weighted by Crippen LogP contribution is -2.26. The van der Waals surface area contributed by atoms with Crippen LogP contribution in [0.1, 0.15) is 52.8 Å². The molecule has 0 fully saturated rings. The first-order chi connectivity index (χ1) is 26.0. The maximum Gasteiger partial charge on any atom is 0.0726 e. The fourth-order valence-electron chi connectivity index (χ4n) is 9.76. The molecule has 1 heteroatoms. The molecule has 3 aliphatic carbocycles. The van der Waals surface area contributed by atoms with Crippen LogP contribution in [0.4, 0.5) is 11.4 Å². The molecular weight excluding hydrogens is 639 g/mol. The Morgan fingerprint density at radius 1 is 0.509 bits per heavy atom. The highest BCUT2D eigenvalue weighted by Crippen LogP contribution is 2.64. The first-order valence-corrected chi connectivity index (χ1v) is 18.5. The highest BCUT2D eigenvalue weighted by atomic mass is 15.2. The number of hydrogen-bond donors (Lipinski definition) is 0. The van der Waals surface area contributed by atoms with E-state index in [0.29, 0.717) is 0 Å². The van der Waals surface area contributed by atoms with Crippen molar-refractivity contribution >= 4 is 16.9 Å². The molecule has 7 aromatic rings. The Morgan fingerprint density at radius 2 is 1.02 bits per heavy atom. The molecule has 0 atom stereocenters. The van der Waals surface area contributed by atoms with Gasteiger partial charge >= 0.3 is 0 Å². The van der Waals surface area contributed by atoms with Crippen LogP contribution in [0.3, 0.4) is 0 Å². The molecule has 0 bridgehead atoms. The van der Waals surface area contributed by atoms with Crippen molar-refractivity contribution < 1.29 is 0 Å². The number of nitrogens with zero attached hydrogens (tertiary/aromatic N) is 1. The van der Waals surface area contributed by atoms with E-state index in [-0.39, 0.29) is 5.41 Å². The van der Waals surface area contributed by atoms with Crippen LogP contribution in [0.15, 0.2) is 195 Å². The zero-order chi connectivity index (χ0) is 35.9. The molecule has 252 valence electrons. The Morgan fingerprint density at radius 3 is 1.66 bits per heavy atom.